The quantitative estimate of drug-likeness (QED) is 0.613. The van der Waals surface area contributed by atoms with E-state index in [-0.39, 0.29) is 18.2 Å². The minimum absolute atomic E-state index is 0.0411. The van der Waals surface area contributed by atoms with Crippen LogP contribution in [0.4, 0.5) is 0 Å². The van der Waals surface area contributed by atoms with E-state index in [0.717, 1.165) is 12.8 Å². The molecule has 0 spiro atoms. The third kappa shape index (κ3) is 2.19. The first-order valence-electron chi connectivity index (χ1n) is 4.30. The average molecular weight is 173 g/mol. The molecule has 0 amide bonds. The Morgan fingerprint density at radius 2 is 2.42 bits per heavy atom. The number of carbonyl (C=O) groups is 1. The molecule has 2 atom stereocenters. The van der Waals surface area contributed by atoms with Crippen LogP contribution in [0.25, 0.3) is 0 Å². The summed E-state index contributed by atoms with van der Waals surface area (Å²) in [5.41, 5.74) is 5.39. The lowest BCUT2D eigenvalue weighted by Crippen LogP contribution is -2.26. The summed E-state index contributed by atoms with van der Waals surface area (Å²) in [7, 11) is 0. The van der Waals surface area contributed by atoms with Crippen molar-refractivity contribution in [2.45, 2.75) is 32.0 Å². The summed E-state index contributed by atoms with van der Waals surface area (Å²) in [6.07, 6.45) is 1.26. The highest BCUT2D eigenvalue weighted by Crippen LogP contribution is 2.19. The molecule has 0 radical (unpaired) electrons. The summed E-state index contributed by atoms with van der Waals surface area (Å²) in [5.74, 6) is -0.256. The van der Waals surface area contributed by atoms with Gasteiger partial charge in [0.2, 0.25) is 0 Å². The van der Waals surface area contributed by atoms with E-state index < -0.39 is 0 Å². The smallest absolute Gasteiger partial charge is 0.335 e. The van der Waals surface area contributed by atoms with E-state index in [1.165, 1.54) is 0 Å². The van der Waals surface area contributed by atoms with Gasteiger partial charge in [0.15, 0.2) is 6.10 Å². The van der Waals surface area contributed by atoms with Gasteiger partial charge in [0.1, 0.15) is 0 Å². The molecule has 1 rings (SSSR count). The van der Waals surface area contributed by atoms with E-state index in [9.17, 15) is 4.79 Å². The zero-order valence-electron chi connectivity index (χ0n) is 7.29. The topological polar surface area (TPSA) is 61.5 Å². The van der Waals surface area contributed by atoms with Crippen molar-refractivity contribution in [1.29, 1.82) is 0 Å². The van der Waals surface area contributed by atoms with Gasteiger partial charge in [0.05, 0.1) is 12.7 Å². The molecule has 70 valence electrons. The van der Waals surface area contributed by atoms with E-state index in [1.54, 1.807) is 6.92 Å². The number of esters is 1. The predicted octanol–water partition coefficient (Wildman–Crippen LogP) is 0.0558. The molecule has 1 fully saturated rings. The van der Waals surface area contributed by atoms with Crippen molar-refractivity contribution in [2.75, 3.05) is 13.2 Å². The van der Waals surface area contributed by atoms with Crippen LogP contribution in [0.5, 0.6) is 0 Å². The molecule has 1 aliphatic rings. The first-order valence-corrected chi connectivity index (χ1v) is 4.30. The second-order valence-electron chi connectivity index (χ2n) is 2.81. The number of ether oxygens (including phenoxy) is 2. The van der Waals surface area contributed by atoms with Crippen molar-refractivity contribution in [3.63, 3.8) is 0 Å². The van der Waals surface area contributed by atoms with Crippen molar-refractivity contribution < 1.29 is 14.3 Å². The van der Waals surface area contributed by atoms with Gasteiger partial charge in [-0.25, -0.2) is 4.79 Å². The third-order valence-electron chi connectivity index (χ3n) is 1.92. The monoisotopic (exact) mass is 173 g/mol. The van der Waals surface area contributed by atoms with Crippen molar-refractivity contribution in [1.82, 2.24) is 0 Å². The Labute approximate surface area is 72.0 Å². The van der Waals surface area contributed by atoms with Crippen LogP contribution in [0.15, 0.2) is 0 Å². The Hall–Kier alpha value is -0.610. The Balaban J connectivity index is 2.31. The Morgan fingerprint density at radius 3 is 2.92 bits per heavy atom. The highest BCUT2D eigenvalue weighted by molar-refractivity contribution is 5.74. The number of nitrogens with two attached hydrogens (primary N) is 1. The first kappa shape index (κ1) is 9.48. The van der Waals surface area contributed by atoms with Crippen LogP contribution in [0.3, 0.4) is 0 Å². The molecule has 0 aliphatic carbocycles. The van der Waals surface area contributed by atoms with Crippen LogP contribution in [-0.4, -0.2) is 31.3 Å². The molecule has 0 aromatic rings. The minimum Gasteiger partial charge on any atom is -0.464 e. The van der Waals surface area contributed by atoms with Crippen molar-refractivity contribution in [3.8, 4) is 0 Å². The summed E-state index contributed by atoms with van der Waals surface area (Å²) in [4.78, 5) is 11.1. The van der Waals surface area contributed by atoms with Crippen LogP contribution < -0.4 is 5.73 Å². The normalized spacial score (nSPS) is 28.8. The van der Waals surface area contributed by atoms with E-state index in [0.29, 0.717) is 13.2 Å². The molecule has 0 aromatic heterocycles. The number of rotatable bonds is 3. The maximum absolute atomic E-state index is 11.1. The second kappa shape index (κ2) is 4.42. The van der Waals surface area contributed by atoms with Crippen LogP contribution >= 0.6 is 0 Å². The molecule has 1 saturated heterocycles. The number of carbonyl (C=O) groups excluding carboxylic acids is 1. The fraction of sp³-hybridized carbons (Fsp3) is 0.875. The van der Waals surface area contributed by atoms with Crippen LogP contribution in [0.1, 0.15) is 19.8 Å². The highest BCUT2D eigenvalue weighted by Gasteiger charge is 2.30. The van der Waals surface area contributed by atoms with E-state index in [4.69, 9.17) is 15.2 Å². The van der Waals surface area contributed by atoms with Gasteiger partial charge in [0.25, 0.3) is 0 Å². The summed E-state index contributed by atoms with van der Waals surface area (Å²) >= 11 is 0. The molecule has 1 heterocycles. The van der Waals surface area contributed by atoms with Crippen LogP contribution in [0, 0.1) is 0 Å². The fourth-order valence-corrected chi connectivity index (χ4v) is 1.29. The molecule has 2 N–H and O–H groups in total. The van der Waals surface area contributed by atoms with Gasteiger partial charge >= 0.3 is 5.97 Å². The molecular formula is C8H15NO3. The molecule has 4 heteroatoms. The highest BCUT2D eigenvalue weighted by atomic mass is 16.6. The lowest BCUT2D eigenvalue weighted by Gasteiger charge is -2.10. The lowest BCUT2D eigenvalue weighted by molar-refractivity contribution is -0.155. The van der Waals surface area contributed by atoms with E-state index in [1.807, 2.05) is 0 Å². The average Bonchev–Trinajstić information content (AvgIpc) is 2.52. The summed E-state index contributed by atoms with van der Waals surface area (Å²) in [6, 6.07) is 0. The molecule has 0 bridgehead atoms. The first-order chi connectivity index (χ1) is 5.77. The van der Waals surface area contributed by atoms with Gasteiger partial charge in [-0.2, -0.15) is 0 Å². The van der Waals surface area contributed by atoms with Gasteiger partial charge in [0, 0.05) is 6.54 Å². The van der Waals surface area contributed by atoms with Gasteiger partial charge in [-0.1, -0.05) is 0 Å². The Morgan fingerprint density at radius 1 is 1.67 bits per heavy atom. The third-order valence-corrected chi connectivity index (χ3v) is 1.92. The molecule has 12 heavy (non-hydrogen) atoms. The van der Waals surface area contributed by atoms with Gasteiger partial charge in [-0.05, 0) is 19.8 Å². The maximum atomic E-state index is 11.1. The summed E-state index contributed by atoms with van der Waals surface area (Å²) in [6.45, 7) is 2.68. The standard InChI is InChI=1S/C8H15NO3/c1-2-11-8(10)7-4-3-6(5-9)12-7/h6-7H,2-5,9H2,1H3/t6-,7+/m1/s1. The zero-order valence-corrected chi connectivity index (χ0v) is 7.29. The Kier molecular flexibility index (Phi) is 3.49. The molecular weight excluding hydrogens is 158 g/mol. The maximum Gasteiger partial charge on any atom is 0.335 e. The number of hydrogen-bond donors (Lipinski definition) is 1. The molecule has 4 nitrogen and oxygen atoms in total. The van der Waals surface area contributed by atoms with Gasteiger partial charge in [-0.15, -0.1) is 0 Å². The second-order valence-corrected chi connectivity index (χ2v) is 2.81. The largest absolute Gasteiger partial charge is 0.464 e. The van der Waals surface area contributed by atoms with Crippen molar-refractivity contribution in [2.24, 2.45) is 5.73 Å². The lowest BCUT2D eigenvalue weighted by atomic mass is 10.2. The minimum atomic E-state index is -0.376. The van der Waals surface area contributed by atoms with Gasteiger partial charge < -0.3 is 15.2 Å². The molecule has 1 aliphatic heterocycles. The van der Waals surface area contributed by atoms with Crippen molar-refractivity contribution in [3.05, 3.63) is 0 Å². The zero-order chi connectivity index (χ0) is 8.97. The van der Waals surface area contributed by atoms with Crippen molar-refractivity contribution >= 4 is 5.97 Å². The molecule has 0 saturated carbocycles. The molecule has 0 unspecified atom stereocenters. The fourth-order valence-electron chi connectivity index (χ4n) is 1.29. The summed E-state index contributed by atoms with van der Waals surface area (Å²) in [5, 5.41) is 0. The Bertz CT molecular complexity index is 160. The van der Waals surface area contributed by atoms with Crippen LogP contribution in [0.2, 0.25) is 0 Å². The van der Waals surface area contributed by atoms with Gasteiger partial charge in [-0.3, -0.25) is 0 Å². The van der Waals surface area contributed by atoms with E-state index >= 15 is 0 Å². The molecule has 0 aromatic carbocycles. The predicted molar refractivity (Wildman–Crippen MR) is 43.6 cm³/mol. The summed E-state index contributed by atoms with van der Waals surface area (Å²) < 4.78 is 10.1. The van der Waals surface area contributed by atoms with E-state index in [2.05, 4.69) is 0 Å². The SMILES string of the molecule is CCOC(=O)[C@@H]1CC[C@H](CN)O1. The number of hydrogen-bond acceptors (Lipinski definition) is 4. The van der Waals surface area contributed by atoms with Crippen LogP contribution in [-0.2, 0) is 14.3 Å².